The standard InChI is InChI=1S/C14H21FN2O5S2/c1-11-9-13(15)3-4-14(11)24(20,21)16-5-8-23(18,19)17-6-7-22-12(2)10-17/h3-4,9,12,16H,5-8,10H2,1-2H3. The second kappa shape index (κ2) is 7.44. The monoisotopic (exact) mass is 380 g/mol. The van der Waals surface area contributed by atoms with Gasteiger partial charge < -0.3 is 4.74 Å². The molecule has 1 aliphatic rings. The van der Waals surface area contributed by atoms with Gasteiger partial charge in [0.1, 0.15) is 5.82 Å². The first-order valence-electron chi connectivity index (χ1n) is 7.47. The zero-order valence-corrected chi connectivity index (χ0v) is 15.2. The summed E-state index contributed by atoms with van der Waals surface area (Å²) in [5.41, 5.74) is 0.257. The molecule has 1 N–H and O–H groups in total. The third-order valence-corrected chi connectivity index (χ3v) is 7.14. The van der Waals surface area contributed by atoms with E-state index in [4.69, 9.17) is 4.74 Å². The molecule has 0 aromatic heterocycles. The van der Waals surface area contributed by atoms with Crippen molar-refractivity contribution in [2.75, 3.05) is 32.0 Å². The Kier molecular flexibility index (Phi) is 5.97. The highest BCUT2D eigenvalue weighted by atomic mass is 32.2. The molecule has 7 nitrogen and oxygen atoms in total. The number of rotatable bonds is 6. The van der Waals surface area contributed by atoms with E-state index in [9.17, 15) is 21.2 Å². The van der Waals surface area contributed by atoms with Crippen molar-refractivity contribution in [3.05, 3.63) is 29.6 Å². The number of morpholine rings is 1. The van der Waals surface area contributed by atoms with Gasteiger partial charge >= 0.3 is 0 Å². The van der Waals surface area contributed by atoms with Crippen LogP contribution in [0, 0.1) is 12.7 Å². The van der Waals surface area contributed by atoms with Gasteiger partial charge in [-0.2, -0.15) is 4.31 Å². The molecule has 1 fully saturated rings. The molecule has 0 spiro atoms. The third kappa shape index (κ3) is 4.73. The molecular weight excluding hydrogens is 359 g/mol. The van der Waals surface area contributed by atoms with Gasteiger partial charge in [0, 0.05) is 19.6 Å². The van der Waals surface area contributed by atoms with Crippen LogP contribution in [0.1, 0.15) is 12.5 Å². The van der Waals surface area contributed by atoms with E-state index in [1.54, 1.807) is 6.92 Å². The van der Waals surface area contributed by atoms with E-state index in [1.165, 1.54) is 11.2 Å². The first-order chi connectivity index (χ1) is 11.1. The predicted octanol–water partition coefficient (Wildman–Crippen LogP) is 0.463. The summed E-state index contributed by atoms with van der Waals surface area (Å²) in [6.07, 6.45) is -0.188. The molecule has 1 unspecified atom stereocenters. The van der Waals surface area contributed by atoms with Gasteiger partial charge in [0.15, 0.2) is 0 Å². The quantitative estimate of drug-likeness (QED) is 0.774. The van der Waals surface area contributed by atoms with Crippen LogP contribution in [0.4, 0.5) is 4.39 Å². The van der Waals surface area contributed by atoms with Crippen molar-refractivity contribution >= 4 is 20.0 Å². The second-order valence-corrected chi connectivity index (χ2v) is 9.49. The summed E-state index contributed by atoms with van der Waals surface area (Å²) in [6.45, 7) is 3.84. The minimum absolute atomic E-state index is 0.0682. The highest BCUT2D eigenvalue weighted by Crippen LogP contribution is 2.16. The van der Waals surface area contributed by atoms with Crippen molar-refractivity contribution in [3.8, 4) is 0 Å². The topological polar surface area (TPSA) is 92.8 Å². The van der Waals surface area contributed by atoms with Crippen molar-refractivity contribution in [1.82, 2.24) is 9.03 Å². The largest absolute Gasteiger partial charge is 0.376 e. The maximum Gasteiger partial charge on any atom is 0.240 e. The normalized spacial score (nSPS) is 20.2. The number of halogens is 1. The van der Waals surface area contributed by atoms with E-state index in [2.05, 4.69) is 4.72 Å². The number of ether oxygens (including phenoxy) is 1. The molecule has 1 aromatic carbocycles. The molecule has 0 aliphatic carbocycles. The number of nitrogens with one attached hydrogen (secondary N) is 1. The van der Waals surface area contributed by atoms with Crippen molar-refractivity contribution in [2.45, 2.75) is 24.8 Å². The molecule has 0 bridgehead atoms. The zero-order valence-electron chi connectivity index (χ0n) is 13.5. The fourth-order valence-corrected chi connectivity index (χ4v) is 5.26. The van der Waals surface area contributed by atoms with Gasteiger partial charge in [-0.25, -0.2) is 25.9 Å². The summed E-state index contributed by atoms with van der Waals surface area (Å²) < 4.78 is 70.9. The molecule has 1 aromatic rings. The third-order valence-electron chi connectivity index (χ3n) is 3.68. The van der Waals surface area contributed by atoms with Crippen LogP contribution in [-0.4, -0.2) is 59.2 Å². The van der Waals surface area contributed by atoms with Crippen molar-refractivity contribution in [1.29, 1.82) is 0 Å². The Hall–Kier alpha value is -1.07. The number of benzene rings is 1. The lowest BCUT2D eigenvalue weighted by Gasteiger charge is -2.30. The fourth-order valence-electron chi connectivity index (χ4n) is 2.47. The van der Waals surface area contributed by atoms with Gasteiger partial charge in [0.25, 0.3) is 0 Å². The summed E-state index contributed by atoms with van der Waals surface area (Å²) in [4.78, 5) is -0.0682. The summed E-state index contributed by atoms with van der Waals surface area (Å²) >= 11 is 0. The lowest BCUT2D eigenvalue weighted by Crippen LogP contribution is -2.46. The van der Waals surface area contributed by atoms with Crippen molar-refractivity contribution < 1.29 is 26.0 Å². The number of nitrogens with zero attached hydrogens (tertiary/aromatic N) is 1. The Balaban J connectivity index is 1.99. The fraction of sp³-hybridized carbons (Fsp3) is 0.571. The average molecular weight is 380 g/mol. The van der Waals surface area contributed by atoms with E-state index < -0.39 is 25.9 Å². The predicted molar refractivity (Wildman–Crippen MR) is 87.1 cm³/mol. The highest BCUT2D eigenvalue weighted by Gasteiger charge is 2.28. The van der Waals surface area contributed by atoms with Gasteiger partial charge in [-0.05, 0) is 37.6 Å². The maximum absolute atomic E-state index is 13.1. The Morgan fingerprint density at radius 1 is 1.33 bits per heavy atom. The minimum Gasteiger partial charge on any atom is -0.376 e. The van der Waals surface area contributed by atoms with Crippen LogP contribution >= 0.6 is 0 Å². The van der Waals surface area contributed by atoms with Gasteiger partial charge in [-0.1, -0.05) is 0 Å². The van der Waals surface area contributed by atoms with Crippen LogP contribution in [-0.2, 0) is 24.8 Å². The Bertz CT molecular complexity index is 795. The zero-order chi connectivity index (χ0) is 18.0. The first kappa shape index (κ1) is 19.3. The van der Waals surface area contributed by atoms with Crippen LogP contribution in [0.15, 0.2) is 23.1 Å². The molecule has 1 atom stereocenters. The number of hydrogen-bond donors (Lipinski definition) is 1. The van der Waals surface area contributed by atoms with Crippen molar-refractivity contribution in [2.24, 2.45) is 0 Å². The second-order valence-electron chi connectivity index (χ2n) is 5.66. The minimum atomic E-state index is -3.90. The van der Waals surface area contributed by atoms with Gasteiger partial charge in [0.05, 0.1) is 23.4 Å². The van der Waals surface area contributed by atoms with Gasteiger partial charge in [-0.15, -0.1) is 0 Å². The highest BCUT2D eigenvalue weighted by molar-refractivity contribution is 7.90. The molecule has 0 saturated carbocycles. The number of hydrogen-bond acceptors (Lipinski definition) is 5. The molecule has 136 valence electrons. The van der Waals surface area contributed by atoms with Crippen LogP contribution in [0.5, 0.6) is 0 Å². The molecule has 2 rings (SSSR count). The smallest absolute Gasteiger partial charge is 0.240 e. The number of aryl methyl sites for hydroxylation is 1. The lowest BCUT2D eigenvalue weighted by molar-refractivity contribution is 0.0102. The summed E-state index contributed by atoms with van der Waals surface area (Å²) in [7, 11) is -7.47. The molecule has 0 amide bonds. The van der Waals surface area contributed by atoms with Gasteiger partial charge in [0.2, 0.25) is 20.0 Å². The molecule has 10 heteroatoms. The summed E-state index contributed by atoms with van der Waals surface area (Å²) in [5, 5.41) is 0. The molecule has 1 saturated heterocycles. The first-order valence-corrected chi connectivity index (χ1v) is 10.6. The lowest BCUT2D eigenvalue weighted by atomic mass is 10.2. The summed E-state index contributed by atoms with van der Waals surface area (Å²) in [5.74, 6) is -0.880. The SMILES string of the molecule is Cc1cc(F)ccc1S(=O)(=O)NCCS(=O)(=O)N1CCOC(C)C1. The Labute approximate surface area is 141 Å². The molecular formula is C14H21FN2O5S2. The number of sulfonamides is 2. The van der Waals surface area contributed by atoms with Gasteiger partial charge in [-0.3, -0.25) is 0 Å². The molecule has 0 radical (unpaired) electrons. The molecule has 1 heterocycles. The summed E-state index contributed by atoms with van der Waals surface area (Å²) in [6, 6.07) is 3.32. The van der Waals surface area contributed by atoms with Crippen LogP contribution in [0.25, 0.3) is 0 Å². The van der Waals surface area contributed by atoms with E-state index in [-0.39, 0.29) is 42.0 Å². The van der Waals surface area contributed by atoms with E-state index >= 15 is 0 Å². The maximum atomic E-state index is 13.1. The molecule has 1 aliphatic heterocycles. The van der Waals surface area contributed by atoms with Crippen LogP contribution in [0.2, 0.25) is 0 Å². The van der Waals surface area contributed by atoms with E-state index in [0.717, 1.165) is 18.2 Å². The van der Waals surface area contributed by atoms with Crippen LogP contribution < -0.4 is 4.72 Å². The Morgan fingerprint density at radius 2 is 2.04 bits per heavy atom. The van der Waals surface area contributed by atoms with Crippen molar-refractivity contribution in [3.63, 3.8) is 0 Å². The van der Waals surface area contributed by atoms with E-state index in [0.29, 0.717) is 6.61 Å². The van der Waals surface area contributed by atoms with E-state index in [1.807, 2.05) is 0 Å². The van der Waals surface area contributed by atoms with Crippen LogP contribution in [0.3, 0.4) is 0 Å². The molecule has 24 heavy (non-hydrogen) atoms. The average Bonchev–Trinajstić information content (AvgIpc) is 2.46. The Morgan fingerprint density at radius 3 is 2.67 bits per heavy atom.